The van der Waals surface area contributed by atoms with Crippen molar-refractivity contribution >= 4 is 5.70 Å². The third kappa shape index (κ3) is 4.87. The molecule has 1 aromatic carbocycles. The highest BCUT2D eigenvalue weighted by Crippen LogP contribution is 2.58. The fourth-order valence-corrected chi connectivity index (χ4v) is 6.17. The Kier molecular flexibility index (Phi) is 6.79. The van der Waals surface area contributed by atoms with Gasteiger partial charge in [0, 0.05) is 42.2 Å². The van der Waals surface area contributed by atoms with Crippen molar-refractivity contribution in [2.24, 2.45) is 29.0 Å². The topological polar surface area (TPSA) is 139 Å². The Labute approximate surface area is 213 Å². The number of hydrogen-bond donors (Lipinski definition) is 5. The van der Waals surface area contributed by atoms with E-state index in [0.717, 1.165) is 64.1 Å². The number of aromatic hydroxyl groups is 1. The number of phenolic OH excluding ortho intramolecular Hbond substituents is 1. The molecule has 0 amide bonds. The zero-order valence-electron chi connectivity index (χ0n) is 21.2. The maximum Gasteiger partial charge on any atom is 0.134 e. The molecule has 8 N–H and O–H groups in total. The predicted octanol–water partition coefficient (Wildman–Crippen LogP) is 2.73. The van der Waals surface area contributed by atoms with Crippen LogP contribution < -0.4 is 22.5 Å². The number of likely N-dealkylation sites (tertiary alicyclic amines) is 1. The summed E-state index contributed by atoms with van der Waals surface area (Å²) in [6.07, 6.45) is 11.4. The number of fused-ring (bicyclic) bond motifs is 1. The van der Waals surface area contributed by atoms with Crippen LogP contribution in [0.15, 0.2) is 54.3 Å². The van der Waals surface area contributed by atoms with Crippen LogP contribution >= 0.6 is 0 Å². The van der Waals surface area contributed by atoms with Crippen LogP contribution in [0.4, 0.5) is 0 Å². The molecule has 2 aromatic rings. The summed E-state index contributed by atoms with van der Waals surface area (Å²) in [7, 11) is 0. The number of nitrogens with one attached hydrogen (secondary N) is 1. The number of nitrogens with two attached hydrogens (primary N) is 3. The summed E-state index contributed by atoms with van der Waals surface area (Å²) in [6.45, 7) is 6.11. The Morgan fingerprint density at radius 3 is 2.50 bits per heavy atom. The number of allylic oxidation sites excluding steroid dienone is 1. The number of phenols is 1. The van der Waals surface area contributed by atoms with Crippen molar-refractivity contribution in [1.29, 1.82) is 0 Å². The average Bonchev–Trinajstić information content (AvgIpc) is 3.56. The van der Waals surface area contributed by atoms with Gasteiger partial charge in [-0.1, -0.05) is 19.1 Å². The molecule has 3 atom stereocenters. The van der Waals surface area contributed by atoms with Crippen molar-refractivity contribution in [2.75, 3.05) is 26.2 Å². The lowest BCUT2D eigenvalue weighted by molar-refractivity contribution is 0.251. The molecule has 2 saturated heterocycles. The van der Waals surface area contributed by atoms with E-state index in [0.29, 0.717) is 34.7 Å². The van der Waals surface area contributed by atoms with Gasteiger partial charge in [0.25, 0.3) is 0 Å². The van der Waals surface area contributed by atoms with Crippen LogP contribution in [0.1, 0.15) is 61.9 Å². The number of benzene rings is 1. The Bertz CT molecular complexity index is 1130. The van der Waals surface area contributed by atoms with E-state index < -0.39 is 0 Å². The van der Waals surface area contributed by atoms with Crippen molar-refractivity contribution in [2.45, 2.75) is 50.4 Å². The maximum absolute atomic E-state index is 10.2. The Hall–Kier alpha value is -3.26. The molecule has 3 heterocycles. The first-order chi connectivity index (χ1) is 17.4. The summed E-state index contributed by atoms with van der Waals surface area (Å²) in [5.74, 6) is 2.85. The molecular weight excluding hydrogens is 450 g/mol. The predicted molar refractivity (Wildman–Crippen MR) is 142 cm³/mol. The van der Waals surface area contributed by atoms with Crippen molar-refractivity contribution < 1.29 is 5.11 Å². The molecule has 8 heteroatoms. The molecule has 36 heavy (non-hydrogen) atoms. The molecule has 0 radical (unpaired) electrons. The summed E-state index contributed by atoms with van der Waals surface area (Å²) in [5, 5.41) is 13.7. The van der Waals surface area contributed by atoms with Crippen molar-refractivity contribution in [3.05, 3.63) is 71.2 Å². The highest BCUT2D eigenvalue weighted by molar-refractivity contribution is 5.69. The van der Waals surface area contributed by atoms with Crippen LogP contribution in [0, 0.1) is 11.8 Å². The summed E-state index contributed by atoms with van der Waals surface area (Å²) in [6, 6.07) is 7.03. The number of aromatic nitrogens is 2. The first-order valence-corrected chi connectivity index (χ1v) is 13.2. The van der Waals surface area contributed by atoms with Gasteiger partial charge in [0.15, 0.2) is 0 Å². The highest BCUT2D eigenvalue weighted by atomic mass is 16.3. The second kappa shape index (κ2) is 10.0. The lowest BCUT2D eigenvalue weighted by Gasteiger charge is -2.33. The Morgan fingerprint density at radius 1 is 1.08 bits per heavy atom. The fourth-order valence-electron chi connectivity index (χ4n) is 6.17. The van der Waals surface area contributed by atoms with Gasteiger partial charge in [0.1, 0.15) is 17.4 Å². The molecule has 1 aliphatic carbocycles. The van der Waals surface area contributed by atoms with Gasteiger partial charge >= 0.3 is 0 Å². The number of nitrogens with zero attached hydrogens (tertiary/aromatic N) is 3. The van der Waals surface area contributed by atoms with Crippen LogP contribution in [0.3, 0.4) is 0 Å². The van der Waals surface area contributed by atoms with Gasteiger partial charge in [-0.2, -0.15) is 0 Å². The van der Waals surface area contributed by atoms with Crippen LogP contribution in [-0.2, 0) is 5.41 Å². The molecule has 5 rings (SSSR count). The average molecular weight is 490 g/mol. The number of para-hydroxylation sites is 1. The third-order valence-electron chi connectivity index (χ3n) is 8.35. The summed E-state index contributed by atoms with van der Waals surface area (Å²) in [5.41, 5.74) is 21.7. The van der Waals surface area contributed by atoms with E-state index in [1.807, 2.05) is 6.07 Å². The Morgan fingerprint density at radius 2 is 1.81 bits per heavy atom. The second-order valence-corrected chi connectivity index (χ2v) is 10.9. The van der Waals surface area contributed by atoms with Crippen molar-refractivity contribution in [3.63, 3.8) is 0 Å². The van der Waals surface area contributed by atoms with Crippen LogP contribution in [0.25, 0.3) is 5.70 Å². The molecule has 1 aromatic heterocycles. The first kappa shape index (κ1) is 24.4. The molecule has 192 valence electrons. The molecule has 3 fully saturated rings. The van der Waals surface area contributed by atoms with Gasteiger partial charge in [-0.15, -0.1) is 0 Å². The van der Waals surface area contributed by atoms with Gasteiger partial charge in [-0.05, 0) is 86.7 Å². The number of rotatable bonds is 5. The number of hydrogen-bond acceptors (Lipinski definition) is 8. The molecule has 3 aliphatic rings. The molecule has 2 aliphatic heterocycles. The molecule has 0 spiro atoms. The van der Waals surface area contributed by atoms with Crippen molar-refractivity contribution in [3.8, 4) is 5.75 Å². The SMILES string of the molecule is CC1CCN(C(/C=C(\N)c2ccccc2O)=C(N)N)CC2CC2(c2ncc(C3CCNCC3)cn2)C1. The molecule has 3 unspecified atom stereocenters. The summed E-state index contributed by atoms with van der Waals surface area (Å²) >= 11 is 0. The number of piperidine rings is 1. The van der Waals surface area contributed by atoms with E-state index in [1.54, 1.807) is 24.3 Å². The Balaban J connectivity index is 1.37. The van der Waals surface area contributed by atoms with Gasteiger partial charge < -0.3 is 32.5 Å². The molecular formula is C28H39N7O. The van der Waals surface area contributed by atoms with Crippen LogP contribution in [-0.4, -0.2) is 46.2 Å². The summed E-state index contributed by atoms with van der Waals surface area (Å²) < 4.78 is 0. The minimum absolute atomic E-state index is 0.00612. The monoisotopic (exact) mass is 489 g/mol. The largest absolute Gasteiger partial charge is 0.507 e. The summed E-state index contributed by atoms with van der Waals surface area (Å²) in [4.78, 5) is 12.1. The highest BCUT2D eigenvalue weighted by Gasteiger charge is 2.58. The maximum atomic E-state index is 10.2. The molecule has 1 saturated carbocycles. The lowest BCUT2D eigenvalue weighted by atomic mass is 9.86. The van der Waals surface area contributed by atoms with E-state index in [1.165, 1.54) is 5.56 Å². The zero-order chi connectivity index (χ0) is 25.3. The van der Waals surface area contributed by atoms with E-state index in [-0.39, 0.29) is 17.0 Å². The minimum Gasteiger partial charge on any atom is -0.507 e. The van der Waals surface area contributed by atoms with Gasteiger partial charge in [-0.3, -0.25) is 0 Å². The smallest absolute Gasteiger partial charge is 0.134 e. The normalized spacial score (nSPS) is 27.0. The standard InChI is InChI=1S/C28H39N7O/c1-18-8-11-35(24(26(30)31)12-23(29)22-4-2-3-5-25(22)36)17-21-14-28(21,13-18)27-33-15-20(16-34-27)19-6-9-32-10-7-19/h2-5,12,15-16,18-19,21,32,36H,6-11,13-14,17,29-31H2,1H3/b23-12-. The van der Waals surface area contributed by atoms with Crippen LogP contribution in [0.2, 0.25) is 0 Å². The van der Waals surface area contributed by atoms with Gasteiger partial charge in [-0.25, -0.2) is 9.97 Å². The first-order valence-electron chi connectivity index (χ1n) is 13.2. The second-order valence-electron chi connectivity index (χ2n) is 10.9. The van der Waals surface area contributed by atoms with Gasteiger partial charge in [0.05, 0.1) is 5.70 Å². The van der Waals surface area contributed by atoms with Gasteiger partial charge in [0.2, 0.25) is 0 Å². The van der Waals surface area contributed by atoms with Crippen LogP contribution in [0.5, 0.6) is 5.75 Å². The molecule has 8 nitrogen and oxygen atoms in total. The lowest BCUT2D eigenvalue weighted by Crippen LogP contribution is -2.35. The fraction of sp³-hybridized carbons (Fsp3) is 0.500. The zero-order valence-corrected chi connectivity index (χ0v) is 21.2. The third-order valence-corrected chi connectivity index (χ3v) is 8.35. The molecule has 0 bridgehead atoms. The van der Waals surface area contributed by atoms with E-state index in [2.05, 4.69) is 29.5 Å². The van der Waals surface area contributed by atoms with E-state index >= 15 is 0 Å². The quantitative estimate of drug-likeness (QED) is 0.404. The minimum atomic E-state index is 0.00612. The van der Waals surface area contributed by atoms with Crippen molar-refractivity contribution in [1.82, 2.24) is 20.2 Å². The van der Waals surface area contributed by atoms with E-state index in [4.69, 9.17) is 27.2 Å². The van der Waals surface area contributed by atoms with E-state index in [9.17, 15) is 5.11 Å².